The van der Waals surface area contributed by atoms with E-state index in [0.29, 0.717) is 5.02 Å². The van der Waals surface area contributed by atoms with Gasteiger partial charge in [-0.3, -0.25) is 4.79 Å². The van der Waals surface area contributed by atoms with Gasteiger partial charge in [-0.15, -0.1) is 11.3 Å². The minimum Gasteiger partial charge on any atom is -0.455 e. The van der Waals surface area contributed by atoms with Gasteiger partial charge in [-0.05, 0) is 12.1 Å². The van der Waals surface area contributed by atoms with Crippen LogP contribution < -0.4 is 0 Å². The summed E-state index contributed by atoms with van der Waals surface area (Å²) in [7, 11) is 0. The third kappa shape index (κ3) is 3.96. The molecular formula is C17H17ClO3S. The van der Waals surface area contributed by atoms with Gasteiger partial charge in [0.1, 0.15) is 0 Å². The summed E-state index contributed by atoms with van der Waals surface area (Å²) >= 11 is 7.78. The molecule has 0 aliphatic heterocycles. The zero-order valence-electron chi connectivity index (χ0n) is 12.7. The van der Waals surface area contributed by atoms with E-state index in [4.69, 9.17) is 16.3 Å². The molecule has 0 saturated heterocycles. The molecule has 0 aliphatic rings. The first-order valence-corrected chi connectivity index (χ1v) is 8.03. The molecule has 116 valence electrons. The van der Waals surface area contributed by atoms with Crippen molar-refractivity contribution in [3.05, 3.63) is 40.2 Å². The number of hydrogen-bond donors (Lipinski definition) is 0. The van der Waals surface area contributed by atoms with Crippen molar-refractivity contribution >= 4 is 50.9 Å². The number of fused-ring (bicyclic) bond motifs is 1. The Morgan fingerprint density at radius 1 is 1.27 bits per heavy atom. The number of ether oxygens (including phenoxy) is 1. The predicted octanol–water partition coefficient (Wildman–Crippen LogP) is 4.73. The molecule has 3 nitrogen and oxygen atoms in total. The van der Waals surface area contributed by atoms with Crippen molar-refractivity contribution in [2.75, 3.05) is 6.61 Å². The molecule has 0 N–H and O–H groups in total. The Morgan fingerprint density at radius 3 is 2.59 bits per heavy atom. The van der Waals surface area contributed by atoms with Crippen molar-refractivity contribution in [3.63, 3.8) is 0 Å². The molecule has 0 saturated carbocycles. The van der Waals surface area contributed by atoms with Gasteiger partial charge >= 0.3 is 5.97 Å². The summed E-state index contributed by atoms with van der Waals surface area (Å²) in [6, 6.07) is 7.77. The van der Waals surface area contributed by atoms with E-state index in [2.05, 4.69) is 0 Å². The highest BCUT2D eigenvalue weighted by Gasteiger charge is 2.22. The van der Waals surface area contributed by atoms with Crippen LogP contribution in [-0.4, -0.2) is 18.4 Å². The Morgan fingerprint density at radius 2 is 1.95 bits per heavy atom. The van der Waals surface area contributed by atoms with E-state index in [1.165, 1.54) is 17.4 Å². The number of ketones is 1. The second-order valence-electron chi connectivity index (χ2n) is 5.89. The first kappa shape index (κ1) is 16.7. The topological polar surface area (TPSA) is 43.4 Å². The second-order valence-corrected chi connectivity index (χ2v) is 7.35. The van der Waals surface area contributed by atoms with Crippen LogP contribution in [0.5, 0.6) is 0 Å². The summed E-state index contributed by atoms with van der Waals surface area (Å²) in [5.74, 6) is -0.666. The molecule has 1 aromatic heterocycles. The number of hydrogen-bond acceptors (Lipinski definition) is 4. The van der Waals surface area contributed by atoms with E-state index in [1.807, 2.05) is 24.3 Å². The summed E-state index contributed by atoms with van der Waals surface area (Å²) < 4.78 is 6.01. The summed E-state index contributed by atoms with van der Waals surface area (Å²) in [4.78, 5) is 24.2. The Bertz CT molecular complexity index is 738. The fourth-order valence-corrected chi connectivity index (χ4v) is 3.08. The van der Waals surface area contributed by atoms with Crippen molar-refractivity contribution in [2.24, 2.45) is 5.41 Å². The van der Waals surface area contributed by atoms with E-state index in [-0.39, 0.29) is 12.4 Å². The highest BCUT2D eigenvalue weighted by atomic mass is 35.5. The van der Waals surface area contributed by atoms with Crippen LogP contribution in [0.3, 0.4) is 0 Å². The van der Waals surface area contributed by atoms with Gasteiger partial charge in [0.25, 0.3) is 0 Å². The standard InChI is InChI=1S/C17H17ClO3S/c1-17(2,3)14(19)10-21-15(20)9-8-13-16(18)11-6-4-5-7-12(11)22-13/h4-9H,10H2,1-3H3/b9-8+. The Kier molecular flexibility index (Phi) is 5.04. The predicted molar refractivity (Wildman–Crippen MR) is 91.3 cm³/mol. The quantitative estimate of drug-likeness (QED) is 0.599. The molecule has 1 aromatic carbocycles. The minimum atomic E-state index is -0.550. The van der Waals surface area contributed by atoms with Gasteiger partial charge in [-0.25, -0.2) is 4.79 Å². The summed E-state index contributed by atoms with van der Waals surface area (Å²) in [5.41, 5.74) is -0.515. The molecule has 1 heterocycles. The summed E-state index contributed by atoms with van der Waals surface area (Å²) in [6.07, 6.45) is 2.92. The Balaban J connectivity index is 2.03. The van der Waals surface area contributed by atoms with Crippen LogP contribution in [-0.2, 0) is 14.3 Å². The SMILES string of the molecule is CC(C)(C)C(=O)COC(=O)/C=C/c1sc2ccccc2c1Cl. The monoisotopic (exact) mass is 336 g/mol. The number of benzene rings is 1. The number of thiophene rings is 1. The van der Waals surface area contributed by atoms with E-state index in [9.17, 15) is 9.59 Å². The molecule has 0 radical (unpaired) electrons. The number of carbonyl (C=O) groups is 2. The lowest BCUT2D eigenvalue weighted by molar-refractivity contribution is -0.145. The van der Waals surface area contributed by atoms with Crippen molar-refractivity contribution in [1.29, 1.82) is 0 Å². The molecule has 0 fully saturated rings. The van der Waals surface area contributed by atoms with Gasteiger partial charge in [-0.1, -0.05) is 50.6 Å². The van der Waals surface area contributed by atoms with Gasteiger partial charge in [-0.2, -0.15) is 0 Å². The van der Waals surface area contributed by atoms with Crippen LogP contribution in [0.25, 0.3) is 16.2 Å². The fourth-order valence-electron chi connectivity index (χ4n) is 1.69. The van der Waals surface area contributed by atoms with E-state index in [0.717, 1.165) is 15.0 Å². The largest absolute Gasteiger partial charge is 0.455 e. The average Bonchev–Trinajstić information content (AvgIpc) is 2.78. The Hall–Kier alpha value is -1.65. The highest BCUT2D eigenvalue weighted by Crippen LogP contribution is 2.35. The lowest BCUT2D eigenvalue weighted by Gasteiger charge is -2.15. The van der Waals surface area contributed by atoms with Crippen LogP contribution in [0.4, 0.5) is 0 Å². The summed E-state index contributed by atoms with van der Waals surface area (Å²) in [5, 5.41) is 1.58. The average molecular weight is 337 g/mol. The van der Waals surface area contributed by atoms with Crippen LogP contribution >= 0.6 is 22.9 Å². The maximum absolute atomic E-state index is 11.7. The van der Waals surface area contributed by atoms with Crippen LogP contribution in [0, 0.1) is 5.41 Å². The van der Waals surface area contributed by atoms with E-state index in [1.54, 1.807) is 26.8 Å². The summed E-state index contributed by atoms with van der Waals surface area (Å²) in [6.45, 7) is 5.15. The van der Waals surface area contributed by atoms with Crippen LogP contribution in [0.1, 0.15) is 25.6 Å². The fraction of sp³-hybridized carbons (Fsp3) is 0.294. The molecule has 22 heavy (non-hydrogen) atoms. The third-order valence-corrected chi connectivity index (χ3v) is 4.77. The zero-order valence-corrected chi connectivity index (χ0v) is 14.3. The van der Waals surface area contributed by atoms with Gasteiger partial charge in [0.15, 0.2) is 12.4 Å². The van der Waals surface area contributed by atoms with Crippen molar-refractivity contribution < 1.29 is 14.3 Å². The molecule has 0 aliphatic carbocycles. The maximum Gasteiger partial charge on any atom is 0.331 e. The first-order valence-electron chi connectivity index (χ1n) is 6.84. The van der Waals surface area contributed by atoms with Crippen molar-refractivity contribution in [2.45, 2.75) is 20.8 Å². The molecular weight excluding hydrogens is 320 g/mol. The maximum atomic E-state index is 11.7. The molecule has 5 heteroatoms. The molecule has 0 amide bonds. The van der Waals surface area contributed by atoms with Crippen molar-refractivity contribution in [1.82, 2.24) is 0 Å². The number of halogens is 1. The lowest BCUT2D eigenvalue weighted by atomic mass is 9.91. The van der Waals surface area contributed by atoms with Crippen LogP contribution in [0.2, 0.25) is 5.02 Å². The lowest BCUT2D eigenvalue weighted by Crippen LogP contribution is -2.25. The normalized spacial score (nSPS) is 12.0. The second kappa shape index (κ2) is 6.63. The highest BCUT2D eigenvalue weighted by molar-refractivity contribution is 7.20. The van der Waals surface area contributed by atoms with Gasteiger partial charge in [0, 0.05) is 26.5 Å². The molecule has 0 atom stereocenters. The number of esters is 1. The molecule has 0 unspecified atom stereocenters. The van der Waals surface area contributed by atoms with E-state index < -0.39 is 11.4 Å². The number of rotatable bonds is 4. The first-order chi connectivity index (χ1) is 10.3. The van der Waals surface area contributed by atoms with Crippen LogP contribution in [0.15, 0.2) is 30.3 Å². The van der Waals surface area contributed by atoms with Crippen molar-refractivity contribution in [3.8, 4) is 0 Å². The third-order valence-electron chi connectivity index (χ3n) is 3.11. The molecule has 0 bridgehead atoms. The number of carbonyl (C=O) groups excluding carboxylic acids is 2. The van der Waals surface area contributed by atoms with E-state index >= 15 is 0 Å². The van der Waals surface area contributed by atoms with Gasteiger partial charge in [0.2, 0.25) is 0 Å². The smallest absolute Gasteiger partial charge is 0.331 e. The molecule has 2 aromatic rings. The van der Waals surface area contributed by atoms with Gasteiger partial charge in [0.05, 0.1) is 5.02 Å². The van der Waals surface area contributed by atoms with Gasteiger partial charge < -0.3 is 4.74 Å². The zero-order chi connectivity index (χ0) is 16.3. The molecule has 2 rings (SSSR count). The molecule has 0 spiro atoms. The Labute approximate surface area is 138 Å². The number of Topliss-reactive ketones (excluding diaryl/α,β-unsaturated/α-hetero) is 1. The minimum absolute atomic E-state index is 0.117.